The number of hydrogen-bond donors (Lipinski definition) is 1. The van der Waals surface area contributed by atoms with Gasteiger partial charge in [-0.2, -0.15) is 5.26 Å². The molecule has 0 radical (unpaired) electrons. The van der Waals surface area contributed by atoms with Gasteiger partial charge in [0.25, 0.3) is 5.91 Å². The third-order valence-electron chi connectivity index (χ3n) is 3.31. The number of nitrogens with zero attached hydrogens (tertiary/aromatic N) is 2. The zero-order valence-electron chi connectivity index (χ0n) is 13.4. The average Bonchev–Trinajstić information content (AvgIpc) is 2.61. The Morgan fingerprint density at radius 3 is 2.50 bits per heavy atom. The molecule has 0 spiro atoms. The van der Waals surface area contributed by atoms with Gasteiger partial charge in [0.2, 0.25) is 5.91 Å². The first-order valence-corrected chi connectivity index (χ1v) is 7.27. The molecular formula is C18H17N3O3. The topological polar surface area (TPSA) is 82.4 Å². The Bertz CT molecular complexity index is 779. The highest BCUT2D eigenvalue weighted by Crippen LogP contribution is 2.23. The SMILES string of the molecule is CNC(=O)CN(C)C(=O)c1cccc(Oc2ccc(C#N)cc2)c1. The van der Waals surface area contributed by atoms with E-state index in [1.807, 2.05) is 6.07 Å². The number of carbonyl (C=O) groups is 2. The van der Waals surface area contributed by atoms with E-state index in [0.29, 0.717) is 22.6 Å². The predicted molar refractivity (Wildman–Crippen MR) is 88.7 cm³/mol. The second-order valence-electron chi connectivity index (χ2n) is 5.10. The summed E-state index contributed by atoms with van der Waals surface area (Å²) in [4.78, 5) is 25.0. The number of amides is 2. The van der Waals surface area contributed by atoms with Crippen LogP contribution in [0.2, 0.25) is 0 Å². The van der Waals surface area contributed by atoms with E-state index in [4.69, 9.17) is 10.00 Å². The molecule has 0 aliphatic carbocycles. The molecule has 6 heteroatoms. The standard InChI is InChI=1S/C18H17N3O3/c1-20-17(22)12-21(2)18(23)14-4-3-5-16(10-14)24-15-8-6-13(11-19)7-9-15/h3-10H,12H2,1-2H3,(H,20,22). The minimum absolute atomic E-state index is 0.0178. The van der Waals surface area contributed by atoms with Crippen molar-refractivity contribution < 1.29 is 14.3 Å². The van der Waals surface area contributed by atoms with Crippen molar-refractivity contribution in [3.8, 4) is 17.6 Å². The number of nitrogens with one attached hydrogen (secondary N) is 1. The van der Waals surface area contributed by atoms with E-state index in [-0.39, 0.29) is 18.4 Å². The average molecular weight is 323 g/mol. The minimum Gasteiger partial charge on any atom is -0.457 e. The van der Waals surface area contributed by atoms with E-state index in [1.54, 1.807) is 55.6 Å². The number of benzene rings is 2. The summed E-state index contributed by atoms with van der Waals surface area (Å²) in [5.74, 6) is 0.552. The summed E-state index contributed by atoms with van der Waals surface area (Å²) in [6.07, 6.45) is 0. The van der Waals surface area contributed by atoms with Crippen LogP contribution >= 0.6 is 0 Å². The largest absolute Gasteiger partial charge is 0.457 e. The summed E-state index contributed by atoms with van der Waals surface area (Å²) in [6.45, 7) is -0.0178. The lowest BCUT2D eigenvalue weighted by molar-refractivity contribution is -0.121. The number of rotatable bonds is 5. The van der Waals surface area contributed by atoms with E-state index in [1.165, 1.54) is 11.9 Å². The van der Waals surface area contributed by atoms with E-state index in [2.05, 4.69) is 5.32 Å². The molecule has 0 bridgehead atoms. The Kier molecular flexibility index (Phi) is 5.53. The van der Waals surface area contributed by atoms with Gasteiger partial charge in [-0.1, -0.05) is 6.07 Å². The fraction of sp³-hybridized carbons (Fsp3) is 0.167. The molecule has 2 aromatic carbocycles. The normalized spacial score (nSPS) is 9.71. The summed E-state index contributed by atoms with van der Waals surface area (Å²) < 4.78 is 5.69. The van der Waals surface area contributed by atoms with Gasteiger partial charge >= 0.3 is 0 Å². The number of hydrogen-bond acceptors (Lipinski definition) is 4. The van der Waals surface area contributed by atoms with Crippen LogP contribution in [0.1, 0.15) is 15.9 Å². The maximum absolute atomic E-state index is 12.3. The third kappa shape index (κ3) is 4.34. The zero-order valence-corrected chi connectivity index (χ0v) is 13.4. The monoisotopic (exact) mass is 323 g/mol. The molecule has 0 aliphatic rings. The molecule has 2 aromatic rings. The maximum Gasteiger partial charge on any atom is 0.254 e. The van der Waals surface area contributed by atoms with Gasteiger partial charge in [-0.25, -0.2) is 0 Å². The maximum atomic E-state index is 12.3. The molecule has 0 atom stereocenters. The van der Waals surface area contributed by atoms with E-state index in [0.717, 1.165) is 0 Å². The van der Waals surface area contributed by atoms with Crippen LogP contribution in [0.4, 0.5) is 0 Å². The van der Waals surface area contributed by atoms with Crippen LogP contribution in [-0.4, -0.2) is 37.4 Å². The van der Waals surface area contributed by atoms with E-state index in [9.17, 15) is 9.59 Å². The van der Waals surface area contributed by atoms with Crippen LogP contribution in [-0.2, 0) is 4.79 Å². The van der Waals surface area contributed by atoms with Gasteiger partial charge in [0, 0.05) is 19.7 Å². The molecule has 0 saturated carbocycles. The molecule has 122 valence electrons. The van der Waals surface area contributed by atoms with Crippen molar-refractivity contribution in [2.75, 3.05) is 20.6 Å². The van der Waals surface area contributed by atoms with Crippen molar-refractivity contribution >= 4 is 11.8 Å². The summed E-state index contributed by atoms with van der Waals surface area (Å²) in [7, 11) is 3.08. The molecule has 6 nitrogen and oxygen atoms in total. The molecule has 2 rings (SSSR count). The van der Waals surface area contributed by atoms with Gasteiger partial charge in [0.1, 0.15) is 11.5 Å². The molecular weight excluding hydrogens is 306 g/mol. The van der Waals surface area contributed by atoms with Crippen molar-refractivity contribution in [3.63, 3.8) is 0 Å². The first-order chi connectivity index (χ1) is 11.5. The summed E-state index contributed by atoms with van der Waals surface area (Å²) >= 11 is 0. The fourth-order valence-electron chi connectivity index (χ4n) is 2.01. The molecule has 0 unspecified atom stereocenters. The first kappa shape index (κ1) is 17.0. The molecule has 0 aliphatic heterocycles. The molecule has 24 heavy (non-hydrogen) atoms. The van der Waals surface area contributed by atoms with Crippen molar-refractivity contribution in [2.24, 2.45) is 0 Å². The molecule has 0 saturated heterocycles. The van der Waals surface area contributed by atoms with Crippen LogP contribution < -0.4 is 10.1 Å². The lowest BCUT2D eigenvalue weighted by Gasteiger charge is -2.16. The highest BCUT2D eigenvalue weighted by molar-refractivity contribution is 5.96. The lowest BCUT2D eigenvalue weighted by atomic mass is 10.2. The highest BCUT2D eigenvalue weighted by Gasteiger charge is 2.15. The van der Waals surface area contributed by atoms with Crippen LogP contribution in [0, 0.1) is 11.3 Å². The van der Waals surface area contributed by atoms with Crippen molar-refractivity contribution in [1.29, 1.82) is 5.26 Å². The van der Waals surface area contributed by atoms with Crippen LogP contribution in [0.15, 0.2) is 48.5 Å². The zero-order chi connectivity index (χ0) is 17.5. The van der Waals surface area contributed by atoms with Gasteiger partial charge in [-0.15, -0.1) is 0 Å². The predicted octanol–water partition coefficient (Wildman–Crippen LogP) is 2.17. The second kappa shape index (κ2) is 7.79. The molecule has 2 amide bonds. The van der Waals surface area contributed by atoms with Gasteiger partial charge in [-0.05, 0) is 42.5 Å². The number of ether oxygens (including phenoxy) is 1. The Morgan fingerprint density at radius 2 is 1.88 bits per heavy atom. The summed E-state index contributed by atoms with van der Waals surface area (Å²) in [5, 5.41) is 11.3. The van der Waals surface area contributed by atoms with Crippen molar-refractivity contribution in [1.82, 2.24) is 10.2 Å². The van der Waals surface area contributed by atoms with Gasteiger partial charge in [0.15, 0.2) is 0 Å². The van der Waals surface area contributed by atoms with Crippen LogP contribution in [0.3, 0.4) is 0 Å². The Labute approximate surface area is 140 Å². The lowest BCUT2D eigenvalue weighted by Crippen LogP contribution is -2.36. The molecule has 0 heterocycles. The van der Waals surface area contributed by atoms with Crippen LogP contribution in [0.5, 0.6) is 11.5 Å². The second-order valence-corrected chi connectivity index (χ2v) is 5.10. The Balaban J connectivity index is 2.11. The first-order valence-electron chi connectivity index (χ1n) is 7.27. The molecule has 0 aromatic heterocycles. The number of carbonyl (C=O) groups excluding carboxylic acids is 2. The number of likely N-dealkylation sites (N-methyl/N-ethyl adjacent to an activating group) is 2. The van der Waals surface area contributed by atoms with E-state index >= 15 is 0 Å². The Hall–Kier alpha value is -3.33. The smallest absolute Gasteiger partial charge is 0.254 e. The quantitative estimate of drug-likeness (QED) is 0.914. The highest BCUT2D eigenvalue weighted by atomic mass is 16.5. The van der Waals surface area contributed by atoms with Gasteiger partial charge < -0.3 is 15.0 Å². The van der Waals surface area contributed by atoms with Crippen molar-refractivity contribution in [3.05, 3.63) is 59.7 Å². The fourth-order valence-corrected chi connectivity index (χ4v) is 2.01. The summed E-state index contributed by atoms with van der Waals surface area (Å²) in [5.41, 5.74) is 0.967. The van der Waals surface area contributed by atoms with Crippen LogP contribution in [0.25, 0.3) is 0 Å². The van der Waals surface area contributed by atoms with Crippen molar-refractivity contribution in [2.45, 2.75) is 0 Å². The summed E-state index contributed by atoms with van der Waals surface area (Å²) in [6, 6.07) is 15.4. The van der Waals surface area contributed by atoms with E-state index < -0.39 is 0 Å². The van der Waals surface area contributed by atoms with Gasteiger partial charge in [0.05, 0.1) is 18.2 Å². The van der Waals surface area contributed by atoms with Gasteiger partial charge in [-0.3, -0.25) is 9.59 Å². The third-order valence-corrected chi connectivity index (χ3v) is 3.31. The number of nitriles is 1. The molecule has 1 N–H and O–H groups in total. The molecule has 0 fully saturated rings. The Morgan fingerprint density at radius 1 is 1.17 bits per heavy atom. The minimum atomic E-state index is -0.274.